The van der Waals surface area contributed by atoms with Crippen molar-refractivity contribution in [1.82, 2.24) is 0 Å². The minimum Gasteiger partial charge on any atom is -0.264 e. The van der Waals surface area contributed by atoms with Crippen LogP contribution in [0.4, 0.5) is 0 Å². The summed E-state index contributed by atoms with van der Waals surface area (Å²) in [6.45, 7) is 0. The van der Waals surface area contributed by atoms with Crippen molar-refractivity contribution < 1.29 is 4.92 Å². The summed E-state index contributed by atoms with van der Waals surface area (Å²) in [5.41, 5.74) is 0. The van der Waals surface area contributed by atoms with E-state index in [0.29, 0.717) is 6.42 Å². The lowest BCUT2D eigenvalue weighted by Gasteiger charge is -2.12. The van der Waals surface area contributed by atoms with Crippen LogP contribution in [-0.4, -0.2) is 11.0 Å². The van der Waals surface area contributed by atoms with Gasteiger partial charge in [0, 0.05) is 17.8 Å². The van der Waals surface area contributed by atoms with E-state index in [0.717, 1.165) is 12.8 Å². The van der Waals surface area contributed by atoms with Gasteiger partial charge in [0.15, 0.2) is 0 Å². The fraction of sp³-hybridized carbons (Fsp3) is 0.667. The van der Waals surface area contributed by atoms with E-state index >= 15 is 0 Å². The van der Waals surface area contributed by atoms with Gasteiger partial charge in [-0.1, -0.05) is 0 Å². The monoisotopic (exact) mass is 127 g/mol. The number of rotatable bonds is 1. The largest absolute Gasteiger partial charge is 0.264 e. The van der Waals surface area contributed by atoms with Crippen molar-refractivity contribution >= 4 is 0 Å². The highest BCUT2D eigenvalue weighted by Gasteiger charge is 2.22. The molecule has 1 fully saturated rings. The molecule has 0 aliphatic heterocycles. The minimum absolute atomic E-state index is 0.227. The van der Waals surface area contributed by atoms with Gasteiger partial charge in [-0.3, -0.25) is 10.1 Å². The molecule has 3 nitrogen and oxygen atoms in total. The molecule has 0 aromatic carbocycles. The molecule has 0 aromatic heterocycles. The molecule has 50 valence electrons. The van der Waals surface area contributed by atoms with Crippen LogP contribution >= 0.6 is 0 Å². The molecule has 1 atom stereocenters. The molecule has 1 aliphatic rings. The molecule has 9 heavy (non-hydrogen) atoms. The zero-order valence-corrected chi connectivity index (χ0v) is 5.12. The van der Waals surface area contributed by atoms with Crippen LogP contribution in [-0.2, 0) is 0 Å². The molecule has 1 rings (SSSR count). The van der Waals surface area contributed by atoms with Gasteiger partial charge in [-0.25, -0.2) is 0 Å². The summed E-state index contributed by atoms with van der Waals surface area (Å²) in [5.74, 6) is 0. The fourth-order valence-electron chi connectivity index (χ4n) is 0.963. The summed E-state index contributed by atoms with van der Waals surface area (Å²) in [6.07, 6.45) is 6.25. The van der Waals surface area contributed by atoms with Crippen molar-refractivity contribution in [2.45, 2.75) is 25.3 Å². The molecule has 1 unspecified atom stereocenters. The van der Waals surface area contributed by atoms with Gasteiger partial charge in [0.2, 0.25) is 6.04 Å². The van der Waals surface area contributed by atoms with E-state index in [9.17, 15) is 10.1 Å². The van der Waals surface area contributed by atoms with E-state index in [-0.39, 0.29) is 4.92 Å². The Morgan fingerprint density at radius 2 is 2.33 bits per heavy atom. The first kappa shape index (κ1) is 6.52. The predicted octanol–water partition coefficient (Wildman–Crippen LogP) is 1.22. The third kappa shape index (κ3) is 1.66. The van der Waals surface area contributed by atoms with Gasteiger partial charge in [-0.15, -0.1) is 0 Å². The smallest absolute Gasteiger partial charge is 0.216 e. The average molecular weight is 127 g/mol. The van der Waals surface area contributed by atoms with Crippen LogP contribution in [0.5, 0.6) is 0 Å². The summed E-state index contributed by atoms with van der Waals surface area (Å²) < 4.78 is 0. The lowest BCUT2D eigenvalue weighted by atomic mass is 9.96. The van der Waals surface area contributed by atoms with Gasteiger partial charge in [0.25, 0.3) is 0 Å². The van der Waals surface area contributed by atoms with Gasteiger partial charge >= 0.3 is 0 Å². The van der Waals surface area contributed by atoms with Crippen molar-refractivity contribution in [2.24, 2.45) is 0 Å². The van der Waals surface area contributed by atoms with Crippen LogP contribution < -0.4 is 0 Å². The second kappa shape index (κ2) is 2.80. The maximum Gasteiger partial charge on any atom is 0.216 e. The molecule has 0 aromatic rings. The molecule has 0 spiro atoms. The van der Waals surface area contributed by atoms with E-state index in [4.69, 9.17) is 0 Å². The zero-order chi connectivity index (χ0) is 6.69. The number of nitro groups is 1. The topological polar surface area (TPSA) is 43.1 Å². The Morgan fingerprint density at radius 1 is 1.56 bits per heavy atom. The third-order valence-corrected chi connectivity index (χ3v) is 1.49. The second-order valence-electron chi connectivity index (χ2n) is 2.19. The van der Waals surface area contributed by atoms with Gasteiger partial charge in [0.05, 0.1) is 0 Å². The van der Waals surface area contributed by atoms with Crippen LogP contribution in [0.3, 0.4) is 0 Å². The van der Waals surface area contributed by atoms with Crippen molar-refractivity contribution in [3.63, 3.8) is 0 Å². The van der Waals surface area contributed by atoms with E-state index in [2.05, 4.69) is 0 Å². The van der Waals surface area contributed by atoms with Gasteiger partial charge < -0.3 is 0 Å². The Kier molecular flexibility index (Phi) is 2.03. The van der Waals surface area contributed by atoms with Crippen molar-refractivity contribution in [1.29, 1.82) is 0 Å². The Hall–Kier alpha value is -0.600. The average Bonchev–Trinajstić information content (AvgIpc) is 1.90. The molecule has 0 saturated heterocycles. The summed E-state index contributed by atoms with van der Waals surface area (Å²) in [5, 5.41) is 10.1. The van der Waals surface area contributed by atoms with Crippen molar-refractivity contribution in [3.8, 4) is 0 Å². The predicted molar refractivity (Wildman–Crippen MR) is 33.2 cm³/mol. The van der Waals surface area contributed by atoms with Gasteiger partial charge in [0.1, 0.15) is 0 Å². The van der Waals surface area contributed by atoms with Crippen LogP contribution in [0.1, 0.15) is 19.3 Å². The third-order valence-electron chi connectivity index (χ3n) is 1.49. The van der Waals surface area contributed by atoms with Crippen LogP contribution in [0.25, 0.3) is 0 Å². The first-order valence-electron chi connectivity index (χ1n) is 3.09. The molecular formula is C6H9NO2. The lowest BCUT2D eigenvalue weighted by Crippen LogP contribution is -2.22. The van der Waals surface area contributed by atoms with Crippen LogP contribution in [0.2, 0.25) is 0 Å². The van der Waals surface area contributed by atoms with Gasteiger partial charge in [-0.2, -0.15) is 0 Å². The molecule has 0 amide bonds. The molecule has 3 heteroatoms. The Morgan fingerprint density at radius 3 is 2.67 bits per heavy atom. The molecule has 0 heterocycles. The summed E-state index contributed by atoms with van der Waals surface area (Å²) in [7, 11) is 0. The number of nitrogens with zero attached hydrogens (tertiary/aromatic N) is 1. The van der Waals surface area contributed by atoms with E-state index < -0.39 is 6.04 Å². The minimum atomic E-state index is -0.404. The Labute approximate surface area is 54.2 Å². The maximum absolute atomic E-state index is 10.1. The summed E-state index contributed by atoms with van der Waals surface area (Å²) >= 11 is 0. The van der Waals surface area contributed by atoms with E-state index in [1.54, 1.807) is 6.42 Å². The van der Waals surface area contributed by atoms with Gasteiger partial charge in [-0.05, 0) is 19.3 Å². The normalized spacial score (nSPS) is 21.8. The van der Waals surface area contributed by atoms with E-state index in [1.807, 2.05) is 6.42 Å². The molecular weight excluding hydrogens is 118 g/mol. The fourth-order valence-corrected chi connectivity index (χ4v) is 0.963. The molecule has 1 aliphatic carbocycles. The lowest BCUT2D eigenvalue weighted by molar-refractivity contribution is -0.514. The molecule has 0 N–H and O–H groups in total. The first-order chi connectivity index (χ1) is 4.30. The standard InChI is InChI=1S/C6H9NO2/c8-7(9)6-4-2-1-3-5-6/h2,5-6H,1,3-4H2. The maximum atomic E-state index is 10.1. The highest BCUT2D eigenvalue weighted by Crippen LogP contribution is 2.17. The second-order valence-corrected chi connectivity index (χ2v) is 2.19. The zero-order valence-electron chi connectivity index (χ0n) is 5.12. The highest BCUT2D eigenvalue weighted by atomic mass is 16.6. The van der Waals surface area contributed by atoms with Crippen molar-refractivity contribution in [3.05, 3.63) is 23.0 Å². The SMILES string of the molecule is O=[N+]([O-])C1[CH]CC[CH]C1. The Bertz CT molecular complexity index is 108. The van der Waals surface area contributed by atoms with Crippen molar-refractivity contribution in [2.75, 3.05) is 0 Å². The number of hydrogen-bond acceptors (Lipinski definition) is 2. The Balaban J connectivity index is 2.31. The highest BCUT2D eigenvalue weighted by molar-refractivity contribution is 4.88. The van der Waals surface area contributed by atoms with Crippen LogP contribution in [0, 0.1) is 23.0 Å². The summed E-state index contributed by atoms with van der Waals surface area (Å²) in [4.78, 5) is 9.88. The van der Waals surface area contributed by atoms with E-state index in [1.165, 1.54) is 0 Å². The number of hydrogen-bond donors (Lipinski definition) is 0. The quantitative estimate of drug-likeness (QED) is 0.392. The molecule has 1 saturated carbocycles. The molecule has 2 radical (unpaired) electrons. The molecule has 0 bridgehead atoms. The first-order valence-corrected chi connectivity index (χ1v) is 3.09. The summed E-state index contributed by atoms with van der Waals surface area (Å²) in [6, 6.07) is -0.404. The van der Waals surface area contributed by atoms with Crippen LogP contribution in [0.15, 0.2) is 0 Å².